The number of hydrogen-bond donors (Lipinski definition) is 3. The van der Waals surface area contributed by atoms with Crippen LogP contribution in [-0.4, -0.2) is 29.2 Å². The molecule has 0 bridgehead atoms. The summed E-state index contributed by atoms with van der Waals surface area (Å²) in [5, 5.41) is 14.4. The van der Waals surface area contributed by atoms with Crippen LogP contribution in [0.5, 0.6) is 0 Å². The summed E-state index contributed by atoms with van der Waals surface area (Å²) in [7, 11) is 0. The lowest BCUT2D eigenvalue weighted by atomic mass is 9.87. The molecule has 0 spiro atoms. The Balaban J connectivity index is 2.42. The molecule has 2 amide bonds. The Morgan fingerprint density at radius 3 is 2.44 bits per heavy atom. The normalized spacial score (nSPS) is 25.6. The molecule has 0 radical (unpaired) electrons. The van der Waals surface area contributed by atoms with E-state index in [-0.39, 0.29) is 18.0 Å². The van der Waals surface area contributed by atoms with Gasteiger partial charge in [0, 0.05) is 6.04 Å². The maximum absolute atomic E-state index is 11.8. The van der Waals surface area contributed by atoms with E-state index in [4.69, 9.17) is 5.11 Å². The molecule has 1 aliphatic carbocycles. The third kappa shape index (κ3) is 4.55. The Morgan fingerprint density at radius 1 is 1.28 bits per heavy atom. The molecule has 1 aliphatic rings. The first kappa shape index (κ1) is 14.8. The summed E-state index contributed by atoms with van der Waals surface area (Å²) in [4.78, 5) is 22.7. The van der Waals surface area contributed by atoms with Gasteiger partial charge in [-0.15, -0.1) is 0 Å². The number of aliphatic carboxylic acids is 1. The molecule has 5 heteroatoms. The number of urea groups is 1. The van der Waals surface area contributed by atoms with Gasteiger partial charge in [-0.25, -0.2) is 9.59 Å². The maximum Gasteiger partial charge on any atom is 0.326 e. The average molecular weight is 256 g/mol. The monoisotopic (exact) mass is 256 g/mol. The second-order valence-corrected chi connectivity index (χ2v) is 5.65. The lowest BCUT2D eigenvalue weighted by Gasteiger charge is -2.28. The van der Waals surface area contributed by atoms with E-state index in [1.807, 2.05) is 0 Å². The minimum absolute atomic E-state index is 0.126. The molecule has 0 aromatic heterocycles. The predicted molar refractivity (Wildman–Crippen MR) is 69.3 cm³/mol. The molecule has 1 fully saturated rings. The van der Waals surface area contributed by atoms with Gasteiger partial charge in [0.1, 0.15) is 6.04 Å². The highest BCUT2D eigenvalue weighted by Gasteiger charge is 2.25. The van der Waals surface area contributed by atoms with Gasteiger partial charge >= 0.3 is 12.0 Å². The molecular weight excluding hydrogens is 232 g/mol. The van der Waals surface area contributed by atoms with Gasteiger partial charge in [0.05, 0.1) is 0 Å². The van der Waals surface area contributed by atoms with E-state index in [0.29, 0.717) is 5.92 Å². The Bertz CT molecular complexity index is 305. The standard InChI is InChI=1S/C13H24N2O3/c1-8(2)11(12(16)17)15-13(18)14-10-6-4-5-9(3)7-10/h8-11H,4-7H2,1-3H3,(H,16,17)(H2,14,15,18)/t9?,10?,11-/m1/s1. The Morgan fingerprint density at radius 2 is 1.94 bits per heavy atom. The first-order chi connectivity index (χ1) is 8.40. The van der Waals surface area contributed by atoms with E-state index in [2.05, 4.69) is 17.6 Å². The summed E-state index contributed by atoms with van der Waals surface area (Å²) < 4.78 is 0. The van der Waals surface area contributed by atoms with Gasteiger partial charge in [0.25, 0.3) is 0 Å². The Kier molecular flexibility index (Phi) is 5.44. The quantitative estimate of drug-likeness (QED) is 0.719. The Hall–Kier alpha value is -1.26. The van der Waals surface area contributed by atoms with Gasteiger partial charge in [-0.3, -0.25) is 0 Å². The van der Waals surface area contributed by atoms with Crippen LogP contribution in [0.25, 0.3) is 0 Å². The summed E-state index contributed by atoms with van der Waals surface area (Å²) in [6, 6.07) is -1.02. The number of nitrogens with one attached hydrogen (secondary N) is 2. The predicted octanol–water partition coefficient (Wildman–Crippen LogP) is 1.97. The van der Waals surface area contributed by atoms with Crippen molar-refractivity contribution in [3.8, 4) is 0 Å². The van der Waals surface area contributed by atoms with Crippen molar-refractivity contribution in [1.82, 2.24) is 10.6 Å². The van der Waals surface area contributed by atoms with E-state index in [1.54, 1.807) is 13.8 Å². The molecule has 0 saturated heterocycles. The second-order valence-electron chi connectivity index (χ2n) is 5.65. The number of carboxylic acids is 1. The number of carbonyl (C=O) groups excluding carboxylic acids is 1. The molecule has 104 valence electrons. The van der Waals surface area contributed by atoms with E-state index in [0.717, 1.165) is 19.3 Å². The molecule has 1 rings (SSSR count). The van der Waals surface area contributed by atoms with Gasteiger partial charge in [-0.2, -0.15) is 0 Å². The summed E-state index contributed by atoms with van der Waals surface area (Å²) in [6.45, 7) is 5.74. The van der Waals surface area contributed by atoms with Gasteiger partial charge in [-0.05, 0) is 24.7 Å². The van der Waals surface area contributed by atoms with Crippen LogP contribution in [0.1, 0.15) is 46.5 Å². The topological polar surface area (TPSA) is 78.4 Å². The molecule has 3 atom stereocenters. The van der Waals surface area contributed by atoms with Crippen LogP contribution >= 0.6 is 0 Å². The van der Waals surface area contributed by atoms with Crippen molar-refractivity contribution in [2.45, 2.75) is 58.5 Å². The number of hydrogen-bond acceptors (Lipinski definition) is 2. The third-order valence-electron chi connectivity index (χ3n) is 3.49. The fourth-order valence-electron chi connectivity index (χ4n) is 2.45. The van der Waals surface area contributed by atoms with Gasteiger partial charge in [0.2, 0.25) is 0 Å². The number of amides is 2. The van der Waals surface area contributed by atoms with Crippen molar-refractivity contribution in [3.05, 3.63) is 0 Å². The van der Waals surface area contributed by atoms with Crippen LogP contribution in [0.15, 0.2) is 0 Å². The molecule has 0 heterocycles. The van der Waals surface area contributed by atoms with Crippen molar-refractivity contribution >= 4 is 12.0 Å². The van der Waals surface area contributed by atoms with Crippen LogP contribution in [0.4, 0.5) is 4.79 Å². The molecule has 0 aromatic rings. The zero-order valence-corrected chi connectivity index (χ0v) is 11.4. The lowest BCUT2D eigenvalue weighted by molar-refractivity contribution is -0.140. The SMILES string of the molecule is CC1CCCC(NC(=O)N[C@@H](C(=O)O)C(C)C)C1. The molecule has 18 heavy (non-hydrogen) atoms. The lowest BCUT2D eigenvalue weighted by Crippen LogP contribution is -2.51. The maximum atomic E-state index is 11.8. The summed E-state index contributed by atoms with van der Waals surface area (Å²) in [5.41, 5.74) is 0. The highest BCUT2D eigenvalue weighted by atomic mass is 16.4. The molecule has 0 aliphatic heterocycles. The van der Waals surface area contributed by atoms with Crippen molar-refractivity contribution in [2.75, 3.05) is 0 Å². The van der Waals surface area contributed by atoms with Crippen LogP contribution in [0.3, 0.4) is 0 Å². The molecule has 2 unspecified atom stereocenters. The van der Waals surface area contributed by atoms with Crippen LogP contribution in [0, 0.1) is 11.8 Å². The highest BCUT2D eigenvalue weighted by Crippen LogP contribution is 2.23. The molecule has 5 nitrogen and oxygen atoms in total. The van der Waals surface area contributed by atoms with Gasteiger partial charge in [-0.1, -0.05) is 33.6 Å². The van der Waals surface area contributed by atoms with Crippen molar-refractivity contribution in [1.29, 1.82) is 0 Å². The third-order valence-corrected chi connectivity index (χ3v) is 3.49. The smallest absolute Gasteiger partial charge is 0.326 e. The number of rotatable bonds is 4. The van der Waals surface area contributed by atoms with Crippen molar-refractivity contribution in [3.63, 3.8) is 0 Å². The van der Waals surface area contributed by atoms with Crippen molar-refractivity contribution < 1.29 is 14.7 Å². The Labute approximate surface area is 108 Å². The fraction of sp³-hybridized carbons (Fsp3) is 0.846. The average Bonchev–Trinajstić information content (AvgIpc) is 2.25. The van der Waals surface area contributed by atoms with E-state index < -0.39 is 12.0 Å². The molecule has 1 saturated carbocycles. The molecule has 0 aromatic carbocycles. The number of carboxylic acid groups (broad SMARTS) is 1. The number of carbonyl (C=O) groups is 2. The molecule has 3 N–H and O–H groups in total. The van der Waals surface area contributed by atoms with Crippen LogP contribution in [0.2, 0.25) is 0 Å². The second kappa shape index (κ2) is 6.61. The van der Waals surface area contributed by atoms with E-state index in [1.165, 1.54) is 6.42 Å². The van der Waals surface area contributed by atoms with Gasteiger partial charge < -0.3 is 15.7 Å². The zero-order valence-electron chi connectivity index (χ0n) is 11.4. The minimum atomic E-state index is -0.989. The first-order valence-electron chi connectivity index (χ1n) is 6.70. The zero-order chi connectivity index (χ0) is 13.7. The van der Waals surface area contributed by atoms with Gasteiger partial charge in [0.15, 0.2) is 0 Å². The fourth-order valence-corrected chi connectivity index (χ4v) is 2.45. The minimum Gasteiger partial charge on any atom is -0.480 e. The summed E-state index contributed by atoms with van der Waals surface area (Å²) in [6.07, 6.45) is 4.30. The summed E-state index contributed by atoms with van der Waals surface area (Å²) >= 11 is 0. The van der Waals surface area contributed by atoms with Crippen molar-refractivity contribution in [2.24, 2.45) is 11.8 Å². The van der Waals surface area contributed by atoms with E-state index >= 15 is 0 Å². The molecular formula is C13H24N2O3. The first-order valence-corrected chi connectivity index (χ1v) is 6.70. The van der Waals surface area contributed by atoms with Crippen LogP contribution < -0.4 is 10.6 Å². The largest absolute Gasteiger partial charge is 0.480 e. The summed E-state index contributed by atoms with van der Waals surface area (Å²) in [5.74, 6) is -0.486. The highest BCUT2D eigenvalue weighted by molar-refractivity contribution is 5.82. The van der Waals surface area contributed by atoms with E-state index in [9.17, 15) is 9.59 Å². The van der Waals surface area contributed by atoms with Crippen LogP contribution in [-0.2, 0) is 4.79 Å².